The van der Waals surface area contributed by atoms with Crippen LogP contribution >= 0.6 is 23.2 Å². The zero-order valence-electron chi connectivity index (χ0n) is 16.1. The van der Waals surface area contributed by atoms with Crippen LogP contribution in [0.2, 0.25) is 10.0 Å². The third kappa shape index (κ3) is 5.28. The summed E-state index contributed by atoms with van der Waals surface area (Å²) in [6.07, 6.45) is 1.83. The number of ether oxygens (including phenoxy) is 1. The van der Waals surface area contributed by atoms with Gasteiger partial charge in [0.15, 0.2) is 0 Å². The molecule has 0 saturated heterocycles. The molecule has 0 atom stereocenters. The number of hydrogen-bond acceptors (Lipinski definition) is 3. The maximum absolute atomic E-state index is 6.24. The van der Waals surface area contributed by atoms with Gasteiger partial charge < -0.3 is 9.64 Å². The van der Waals surface area contributed by atoms with Crippen LogP contribution in [0.1, 0.15) is 16.7 Å². The van der Waals surface area contributed by atoms with Gasteiger partial charge in [-0.25, -0.2) is 0 Å². The Balaban J connectivity index is 1.78. The van der Waals surface area contributed by atoms with Crippen molar-refractivity contribution in [2.45, 2.75) is 13.5 Å². The number of halogens is 2. The molecule has 0 heterocycles. The molecule has 0 radical (unpaired) electrons. The maximum atomic E-state index is 6.24. The summed E-state index contributed by atoms with van der Waals surface area (Å²) < 4.78 is 6.01. The fourth-order valence-electron chi connectivity index (χ4n) is 2.68. The number of anilines is 1. The molecule has 0 aliphatic rings. The fourth-order valence-corrected chi connectivity index (χ4v) is 3.14. The Kier molecular flexibility index (Phi) is 6.61. The molecule has 0 spiro atoms. The molecular weight excluding hydrogens is 391 g/mol. The SMILES string of the molecule is Cc1ccc(OCc2ccc(Cl)cc2Cl)c(/C=N\c2ccc(N(C)C)cc2)c1. The normalized spacial score (nSPS) is 11.0. The van der Waals surface area contributed by atoms with Crippen molar-refractivity contribution in [1.29, 1.82) is 0 Å². The third-order valence-corrected chi connectivity index (χ3v) is 4.87. The van der Waals surface area contributed by atoms with E-state index in [9.17, 15) is 0 Å². The lowest BCUT2D eigenvalue weighted by molar-refractivity contribution is 0.306. The number of rotatable bonds is 6. The first-order valence-electron chi connectivity index (χ1n) is 8.91. The van der Waals surface area contributed by atoms with Crippen LogP contribution < -0.4 is 9.64 Å². The fraction of sp³-hybridized carbons (Fsp3) is 0.174. The Labute approximate surface area is 176 Å². The lowest BCUT2D eigenvalue weighted by atomic mass is 10.1. The lowest BCUT2D eigenvalue weighted by Crippen LogP contribution is -2.07. The summed E-state index contributed by atoms with van der Waals surface area (Å²) in [5.41, 5.74) is 4.97. The Hall–Kier alpha value is -2.49. The molecule has 0 amide bonds. The number of aliphatic imine (C=N–C) groups is 1. The van der Waals surface area contributed by atoms with Crippen molar-refractivity contribution in [3.05, 3.63) is 87.4 Å². The Morgan fingerprint density at radius 2 is 1.71 bits per heavy atom. The Morgan fingerprint density at radius 1 is 0.964 bits per heavy atom. The summed E-state index contributed by atoms with van der Waals surface area (Å²) in [6, 6.07) is 19.5. The standard InChI is InChI=1S/C23H22Cl2N2O/c1-16-4-11-23(28-15-17-5-6-19(24)13-22(17)25)18(12-16)14-26-20-7-9-21(10-8-20)27(2)3/h4-14H,15H2,1-3H3/b26-14-. The predicted octanol–water partition coefficient (Wildman–Crippen LogP) is 6.70. The van der Waals surface area contributed by atoms with Gasteiger partial charge in [0, 0.05) is 47.2 Å². The molecule has 0 saturated carbocycles. The van der Waals surface area contributed by atoms with E-state index in [1.807, 2.05) is 69.7 Å². The minimum absolute atomic E-state index is 0.359. The van der Waals surface area contributed by atoms with E-state index in [4.69, 9.17) is 27.9 Å². The number of hydrogen-bond donors (Lipinski definition) is 0. The summed E-state index contributed by atoms with van der Waals surface area (Å²) in [5.74, 6) is 0.755. The first-order valence-corrected chi connectivity index (χ1v) is 9.67. The lowest BCUT2D eigenvalue weighted by Gasteiger charge is -2.12. The van der Waals surface area contributed by atoms with Crippen molar-refractivity contribution in [1.82, 2.24) is 0 Å². The topological polar surface area (TPSA) is 24.8 Å². The van der Waals surface area contributed by atoms with Gasteiger partial charge in [0.2, 0.25) is 0 Å². The van der Waals surface area contributed by atoms with E-state index in [0.717, 1.165) is 33.8 Å². The van der Waals surface area contributed by atoms with Gasteiger partial charge >= 0.3 is 0 Å². The highest BCUT2D eigenvalue weighted by atomic mass is 35.5. The van der Waals surface area contributed by atoms with Crippen molar-refractivity contribution in [3.63, 3.8) is 0 Å². The highest BCUT2D eigenvalue weighted by Gasteiger charge is 2.06. The van der Waals surface area contributed by atoms with E-state index in [0.29, 0.717) is 16.7 Å². The van der Waals surface area contributed by atoms with E-state index < -0.39 is 0 Å². The summed E-state index contributed by atoms with van der Waals surface area (Å²) in [5, 5.41) is 1.20. The molecule has 3 nitrogen and oxygen atoms in total. The van der Waals surface area contributed by atoms with Crippen molar-refractivity contribution >= 4 is 40.8 Å². The highest BCUT2D eigenvalue weighted by molar-refractivity contribution is 6.35. The predicted molar refractivity (Wildman–Crippen MR) is 120 cm³/mol. The molecule has 0 N–H and O–H groups in total. The van der Waals surface area contributed by atoms with Crippen LogP contribution in [-0.4, -0.2) is 20.3 Å². The largest absolute Gasteiger partial charge is 0.488 e. The molecule has 3 aromatic rings. The Morgan fingerprint density at radius 3 is 2.39 bits per heavy atom. The summed E-state index contributed by atoms with van der Waals surface area (Å²) in [7, 11) is 4.03. The van der Waals surface area contributed by atoms with Crippen LogP contribution in [0.4, 0.5) is 11.4 Å². The van der Waals surface area contributed by atoms with Crippen LogP contribution in [-0.2, 0) is 6.61 Å². The van der Waals surface area contributed by atoms with Gasteiger partial charge in [-0.3, -0.25) is 4.99 Å². The highest BCUT2D eigenvalue weighted by Crippen LogP contribution is 2.25. The Bertz CT molecular complexity index is 982. The van der Waals surface area contributed by atoms with Crippen molar-refractivity contribution in [2.24, 2.45) is 4.99 Å². The molecule has 0 fully saturated rings. The van der Waals surface area contributed by atoms with E-state index >= 15 is 0 Å². The maximum Gasteiger partial charge on any atom is 0.128 e. The van der Waals surface area contributed by atoms with E-state index in [-0.39, 0.29) is 0 Å². The first-order chi connectivity index (χ1) is 13.4. The number of benzene rings is 3. The summed E-state index contributed by atoms with van der Waals surface area (Å²) in [4.78, 5) is 6.65. The van der Waals surface area contributed by atoms with Gasteiger partial charge in [-0.05, 0) is 55.5 Å². The van der Waals surface area contributed by atoms with Crippen LogP contribution in [0.25, 0.3) is 0 Å². The van der Waals surface area contributed by atoms with Gasteiger partial charge in [0.05, 0.1) is 5.69 Å². The van der Waals surface area contributed by atoms with Gasteiger partial charge in [-0.1, -0.05) is 40.9 Å². The number of aryl methyl sites for hydroxylation is 1. The summed E-state index contributed by atoms with van der Waals surface area (Å²) in [6.45, 7) is 2.40. The second-order valence-corrected chi connectivity index (χ2v) is 7.58. The molecule has 0 unspecified atom stereocenters. The molecule has 0 aliphatic heterocycles. The van der Waals surface area contributed by atoms with E-state index in [1.165, 1.54) is 0 Å². The van der Waals surface area contributed by atoms with Gasteiger partial charge in [0.1, 0.15) is 12.4 Å². The van der Waals surface area contributed by atoms with Crippen LogP contribution in [0.15, 0.2) is 65.7 Å². The van der Waals surface area contributed by atoms with Crippen molar-refractivity contribution in [3.8, 4) is 5.75 Å². The van der Waals surface area contributed by atoms with Gasteiger partial charge in [-0.2, -0.15) is 0 Å². The quantitative estimate of drug-likeness (QED) is 0.420. The van der Waals surface area contributed by atoms with E-state index in [2.05, 4.69) is 16.0 Å². The van der Waals surface area contributed by atoms with Crippen molar-refractivity contribution < 1.29 is 4.74 Å². The minimum atomic E-state index is 0.359. The monoisotopic (exact) mass is 412 g/mol. The molecule has 144 valence electrons. The molecule has 3 aromatic carbocycles. The average molecular weight is 413 g/mol. The molecule has 3 rings (SSSR count). The van der Waals surface area contributed by atoms with Crippen LogP contribution in [0.5, 0.6) is 5.75 Å². The van der Waals surface area contributed by atoms with E-state index in [1.54, 1.807) is 12.1 Å². The molecule has 28 heavy (non-hydrogen) atoms. The zero-order chi connectivity index (χ0) is 20.1. The van der Waals surface area contributed by atoms with Crippen LogP contribution in [0.3, 0.4) is 0 Å². The molecular formula is C23H22Cl2N2O. The second-order valence-electron chi connectivity index (χ2n) is 6.73. The van der Waals surface area contributed by atoms with Gasteiger partial charge in [0.25, 0.3) is 0 Å². The molecule has 5 heteroatoms. The van der Waals surface area contributed by atoms with Gasteiger partial charge in [-0.15, -0.1) is 0 Å². The first kappa shape index (κ1) is 20.2. The third-order valence-electron chi connectivity index (χ3n) is 4.28. The summed E-state index contributed by atoms with van der Waals surface area (Å²) >= 11 is 12.2. The number of nitrogens with zero attached hydrogens (tertiary/aromatic N) is 2. The minimum Gasteiger partial charge on any atom is -0.488 e. The molecule has 0 aromatic heterocycles. The van der Waals surface area contributed by atoms with Crippen LogP contribution in [0, 0.1) is 6.92 Å². The van der Waals surface area contributed by atoms with Crippen molar-refractivity contribution in [2.75, 3.05) is 19.0 Å². The molecule has 0 aliphatic carbocycles. The second kappa shape index (κ2) is 9.13. The smallest absolute Gasteiger partial charge is 0.128 e. The average Bonchev–Trinajstić information content (AvgIpc) is 2.67. The molecule has 0 bridgehead atoms. The zero-order valence-corrected chi connectivity index (χ0v) is 17.6.